The number of nitrogens with zero attached hydrogens (tertiary/aromatic N) is 1. The number of aromatic nitrogens is 1. The van der Waals surface area contributed by atoms with Crippen LogP contribution in [0.5, 0.6) is 0 Å². The van der Waals surface area contributed by atoms with Crippen molar-refractivity contribution in [1.82, 2.24) is 4.57 Å². The molecule has 2 aromatic heterocycles. The van der Waals surface area contributed by atoms with Gasteiger partial charge in [0.05, 0.1) is 12.1 Å². The first kappa shape index (κ1) is 14.1. The average molecular weight is 325 g/mol. The molecular weight excluding hydrogens is 310 g/mol. The average Bonchev–Trinajstić information content (AvgIpc) is 3.06. The zero-order valence-corrected chi connectivity index (χ0v) is 13.5. The lowest BCUT2D eigenvalue weighted by Gasteiger charge is -2.11. The van der Waals surface area contributed by atoms with Crippen molar-refractivity contribution in [3.63, 3.8) is 0 Å². The van der Waals surface area contributed by atoms with Crippen LogP contribution < -0.4 is 5.56 Å². The topological polar surface area (TPSA) is 35.1 Å². The van der Waals surface area contributed by atoms with Gasteiger partial charge in [0.2, 0.25) is 5.58 Å². The first-order chi connectivity index (χ1) is 12.3. The summed E-state index contributed by atoms with van der Waals surface area (Å²) < 4.78 is 7.74. The van der Waals surface area contributed by atoms with Crippen LogP contribution in [0.25, 0.3) is 32.8 Å². The highest BCUT2D eigenvalue weighted by Gasteiger charge is 2.17. The molecule has 0 fully saturated rings. The molecule has 5 rings (SSSR count). The van der Waals surface area contributed by atoms with Crippen molar-refractivity contribution >= 4 is 32.8 Å². The van der Waals surface area contributed by atoms with Gasteiger partial charge in [-0.05, 0) is 17.7 Å². The standard InChI is InChI=1S/C22H15NO2/c24-22-21-20(17-11-5-7-13-19(17)25-21)16-10-4-6-12-18(16)23(22)14-15-8-2-1-3-9-15/h1-13H,14H2. The van der Waals surface area contributed by atoms with Crippen molar-refractivity contribution < 1.29 is 4.42 Å². The van der Waals surface area contributed by atoms with Gasteiger partial charge < -0.3 is 8.98 Å². The second kappa shape index (κ2) is 5.35. The Morgan fingerprint density at radius 1 is 0.760 bits per heavy atom. The van der Waals surface area contributed by atoms with Gasteiger partial charge >= 0.3 is 0 Å². The Balaban J connectivity index is 1.93. The highest BCUT2D eigenvalue weighted by molar-refractivity contribution is 6.17. The first-order valence-corrected chi connectivity index (χ1v) is 8.29. The lowest BCUT2D eigenvalue weighted by molar-refractivity contribution is 0.652. The van der Waals surface area contributed by atoms with E-state index in [9.17, 15) is 4.79 Å². The second-order valence-corrected chi connectivity index (χ2v) is 6.20. The van der Waals surface area contributed by atoms with Gasteiger partial charge in [0.15, 0.2) is 0 Å². The molecule has 5 aromatic rings. The molecule has 120 valence electrons. The molecule has 0 atom stereocenters. The Hall–Kier alpha value is -3.33. The van der Waals surface area contributed by atoms with Gasteiger partial charge in [-0.25, -0.2) is 0 Å². The van der Waals surface area contributed by atoms with Gasteiger partial charge in [-0.1, -0.05) is 66.7 Å². The molecule has 0 N–H and O–H groups in total. The summed E-state index contributed by atoms with van der Waals surface area (Å²) in [5.41, 5.74) is 3.10. The van der Waals surface area contributed by atoms with Crippen molar-refractivity contribution in [2.45, 2.75) is 6.54 Å². The molecule has 0 unspecified atom stereocenters. The highest BCUT2D eigenvalue weighted by Crippen LogP contribution is 2.32. The smallest absolute Gasteiger partial charge is 0.295 e. The quantitative estimate of drug-likeness (QED) is 0.460. The zero-order chi connectivity index (χ0) is 16.8. The van der Waals surface area contributed by atoms with Gasteiger partial charge in [0.1, 0.15) is 5.58 Å². The first-order valence-electron chi connectivity index (χ1n) is 8.29. The third-order valence-corrected chi connectivity index (χ3v) is 4.68. The van der Waals surface area contributed by atoms with Crippen LogP contribution in [0.2, 0.25) is 0 Å². The van der Waals surface area contributed by atoms with Gasteiger partial charge in [0.25, 0.3) is 5.56 Å². The van der Waals surface area contributed by atoms with E-state index in [2.05, 4.69) is 6.07 Å². The predicted octanol–water partition coefficient (Wildman–Crippen LogP) is 4.95. The van der Waals surface area contributed by atoms with E-state index in [4.69, 9.17) is 4.42 Å². The normalized spacial score (nSPS) is 11.5. The molecule has 0 aliphatic rings. The SMILES string of the molecule is O=c1c2oc3ccccc3c2c2ccccc2n1Cc1ccccc1. The van der Waals surface area contributed by atoms with Crippen molar-refractivity contribution in [3.8, 4) is 0 Å². The number of pyridine rings is 1. The fraction of sp³-hybridized carbons (Fsp3) is 0.0455. The number of furan rings is 1. The molecule has 3 heteroatoms. The van der Waals surface area contributed by atoms with Crippen molar-refractivity contribution in [2.75, 3.05) is 0 Å². The van der Waals surface area contributed by atoms with E-state index in [1.165, 1.54) is 0 Å². The minimum atomic E-state index is -0.0891. The molecule has 3 aromatic carbocycles. The summed E-state index contributed by atoms with van der Waals surface area (Å²) in [5, 5.41) is 2.93. The van der Waals surface area contributed by atoms with Crippen LogP contribution in [-0.4, -0.2) is 4.57 Å². The highest BCUT2D eigenvalue weighted by atomic mass is 16.3. The van der Waals surface area contributed by atoms with Gasteiger partial charge in [-0.15, -0.1) is 0 Å². The molecule has 0 amide bonds. The minimum Gasteiger partial charge on any atom is -0.450 e. The number of hydrogen-bond donors (Lipinski definition) is 0. The number of fused-ring (bicyclic) bond motifs is 5. The predicted molar refractivity (Wildman–Crippen MR) is 101 cm³/mol. The summed E-state index contributed by atoms with van der Waals surface area (Å²) >= 11 is 0. The van der Waals surface area contributed by atoms with Gasteiger partial charge in [-0.2, -0.15) is 0 Å². The Morgan fingerprint density at radius 2 is 1.44 bits per heavy atom. The molecule has 0 aliphatic carbocycles. The Labute approximate surface area is 143 Å². The summed E-state index contributed by atoms with van der Waals surface area (Å²) in [6.45, 7) is 0.521. The summed E-state index contributed by atoms with van der Waals surface area (Å²) in [7, 11) is 0. The van der Waals surface area contributed by atoms with E-state index in [0.717, 1.165) is 32.8 Å². The lowest BCUT2D eigenvalue weighted by atomic mass is 10.1. The van der Waals surface area contributed by atoms with E-state index in [-0.39, 0.29) is 5.56 Å². The van der Waals surface area contributed by atoms with Crippen LogP contribution in [0.15, 0.2) is 88.1 Å². The fourth-order valence-electron chi connectivity index (χ4n) is 3.54. The maximum absolute atomic E-state index is 13.2. The van der Waals surface area contributed by atoms with Crippen molar-refractivity contribution in [3.05, 3.63) is 94.8 Å². The Morgan fingerprint density at radius 3 is 2.28 bits per heavy atom. The summed E-state index contributed by atoms with van der Waals surface area (Å²) in [5.74, 6) is 0. The van der Waals surface area contributed by atoms with Gasteiger partial charge in [-0.3, -0.25) is 4.79 Å². The molecule has 0 spiro atoms. The molecule has 3 nitrogen and oxygen atoms in total. The Bertz CT molecular complexity index is 1280. The molecule has 0 radical (unpaired) electrons. The van der Waals surface area contributed by atoms with Gasteiger partial charge in [0, 0.05) is 16.2 Å². The summed E-state index contributed by atoms with van der Waals surface area (Å²) in [6.07, 6.45) is 0. The Kier molecular flexibility index (Phi) is 3.01. The summed E-state index contributed by atoms with van der Waals surface area (Å²) in [6, 6.07) is 25.9. The lowest BCUT2D eigenvalue weighted by Crippen LogP contribution is -2.21. The molecule has 0 saturated carbocycles. The second-order valence-electron chi connectivity index (χ2n) is 6.20. The molecule has 0 bridgehead atoms. The number of benzene rings is 3. The van der Waals surface area contributed by atoms with Crippen LogP contribution >= 0.6 is 0 Å². The van der Waals surface area contributed by atoms with Crippen molar-refractivity contribution in [1.29, 1.82) is 0 Å². The fourth-order valence-corrected chi connectivity index (χ4v) is 3.54. The van der Waals surface area contributed by atoms with Crippen LogP contribution in [0.1, 0.15) is 5.56 Å². The van der Waals surface area contributed by atoms with Crippen LogP contribution in [-0.2, 0) is 6.54 Å². The zero-order valence-electron chi connectivity index (χ0n) is 13.5. The van der Waals surface area contributed by atoms with Crippen LogP contribution in [0.4, 0.5) is 0 Å². The third kappa shape index (κ3) is 2.09. The third-order valence-electron chi connectivity index (χ3n) is 4.68. The maximum atomic E-state index is 13.2. The van der Waals surface area contributed by atoms with E-state index >= 15 is 0 Å². The minimum absolute atomic E-state index is 0.0891. The number of para-hydroxylation sites is 2. The summed E-state index contributed by atoms with van der Waals surface area (Å²) in [4.78, 5) is 13.2. The van der Waals surface area contributed by atoms with Crippen molar-refractivity contribution in [2.24, 2.45) is 0 Å². The maximum Gasteiger partial charge on any atom is 0.295 e. The van der Waals surface area contributed by atoms with Crippen LogP contribution in [0.3, 0.4) is 0 Å². The van der Waals surface area contributed by atoms with Crippen LogP contribution in [0, 0.1) is 0 Å². The molecular formula is C22H15NO2. The molecule has 2 heterocycles. The molecule has 0 saturated heterocycles. The number of hydrogen-bond acceptors (Lipinski definition) is 2. The van der Waals surface area contributed by atoms with E-state index in [0.29, 0.717) is 12.1 Å². The van der Waals surface area contributed by atoms with E-state index in [1.807, 2.05) is 72.8 Å². The largest absolute Gasteiger partial charge is 0.450 e. The van der Waals surface area contributed by atoms with E-state index in [1.54, 1.807) is 4.57 Å². The number of rotatable bonds is 2. The molecule has 0 aliphatic heterocycles. The molecule has 25 heavy (non-hydrogen) atoms. The monoisotopic (exact) mass is 325 g/mol. The van der Waals surface area contributed by atoms with E-state index < -0.39 is 0 Å².